The molecule has 0 saturated carbocycles. The molecule has 4 nitrogen and oxygen atoms in total. The molecule has 1 saturated heterocycles. The number of hydrogen-bond acceptors (Lipinski definition) is 3. The van der Waals surface area contributed by atoms with Crippen LogP contribution in [0.4, 0.5) is 0 Å². The number of primary amides is 1. The number of amides is 1. The average Bonchev–Trinajstić information content (AvgIpc) is 2.73. The van der Waals surface area contributed by atoms with E-state index in [4.69, 9.17) is 5.73 Å². The van der Waals surface area contributed by atoms with Gasteiger partial charge in [0.05, 0.1) is 5.92 Å². The molecule has 2 atom stereocenters. The number of nitrogens with two attached hydrogens (primary N) is 1. The van der Waals surface area contributed by atoms with Gasteiger partial charge in [0.15, 0.2) is 0 Å². The predicted molar refractivity (Wildman–Crippen MR) is 65.0 cm³/mol. The van der Waals surface area contributed by atoms with Crippen molar-refractivity contribution in [3.8, 4) is 0 Å². The molecule has 4 heteroatoms. The van der Waals surface area contributed by atoms with E-state index in [1.165, 1.54) is 5.56 Å². The molecule has 1 aliphatic rings. The predicted octanol–water partition coefficient (Wildman–Crippen LogP) is 0.212. The molecule has 2 rings (SSSR count). The first kappa shape index (κ1) is 12.1. The van der Waals surface area contributed by atoms with Gasteiger partial charge in [-0.1, -0.05) is 30.3 Å². The Morgan fingerprint density at radius 3 is 2.59 bits per heavy atom. The lowest BCUT2D eigenvalue weighted by Crippen LogP contribution is -2.31. The third-order valence-electron chi connectivity index (χ3n) is 3.37. The van der Waals surface area contributed by atoms with Gasteiger partial charge < -0.3 is 10.8 Å². The van der Waals surface area contributed by atoms with Crippen LogP contribution in [0, 0.1) is 11.8 Å². The Morgan fingerprint density at radius 2 is 2.06 bits per heavy atom. The van der Waals surface area contributed by atoms with Gasteiger partial charge in [-0.3, -0.25) is 9.69 Å². The van der Waals surface area contributed by atoms with Crippen molar-refractivity contribution in [2.75, 3.05) is 19.7 Å². The molecule has 0 spiro atoms. The van der Waals surface area contributed by atoms with E-state index in [1.54, 1.807) is 0 Å². The Bertz CT molecular complexity index is 380. The number of rotatable bonds is 4. The molecule has 1 aromatic carbocycles. The second-order valence-electron chi connectivity index (χ2n) is 4.63. The zero-order valence-electron chi connectivity index (χ0n) is 9.75. The number of aliphatic hydroxyl groups is 1. The SMILES string of the molecule is NC(=O)C1CN(Cc2ccccc2)CC1CO. The van der Waals surface area contributed by atoms with Crippen molar-refractivity contribution in [2.45, 2.75) is 6.54 Å². The molecule has 2 unspecified atom stereocenters. The second kappa shape index (κ2) is 5.29. The van der Waals surface area contributed by atoms with Crippen LogP contribution in [-0.4, -0.2) is 35.6 Å². The lowest BCUT2D eigenvalue weighted by Gasteiger charge is -2.15. The minimum Gasteiger partial charge on any atom is -0.396 e. The maximum Gasteiger partial charge on any atom is 0.222 e. The van der Waals surface area contributed by atoms with Gasteiger partial charge in [0.25, 0.3) is 0 Å². The zero-order chi connectivity index (χ0) is 12.3. The fourth-order valence-corrected chi connectivity index (χ4v) is 2.44. The Balaban J connectivity index is 1.99. The molecule has 17 heavy (non-hydrogen) atoms. The van der Waals surface area contributed by atoms with E-state index < -0.39 is 0 Å². The van der Waals surface area contributed by atoms with Gasteiger partial charge in [-0.2, -0.15) is 0 Å². The third kappa shape index (κ3) is 2.84. The first-order valence-corrected chi connectivity index (χ1v) is 5.87. The maximum atomic E-state index is 11.3. The lowest BCUT2D eigenvalue weighted by atomic mass is 9.97. The van der Waals surface area contributed by atoms with Crippen molar-refractivity contribution < 1.29 is 9.90 Å². The summed E-state index contributed by atoms with van der Waals surface area (Å²) in [6, 6.07) is 10.1. The maximum absolute atomic E-state index is 11.3. The molecule has 1 amide bonds. The molecular weight excluding hydrogens is 216 g/mol. The van der Waals surface area contributed by atoms with Crippen LogP contribution in [0.2, 0.25) is 0 Å². The number of aliphatic hydroxyl groups excluding tert-OH is 1. The zero-order valence-corrected chi connectivity index (χ0v) is 9.75. The van der Waals surface area contributed by atoms with Crippen LogP contribution in [0.15, 0.2) is 30.3 Å². The van der Waals surface area contributed by atoms with Crippen LogP contribution in [0.3, 0.4) is 0 Å². The number of benzene rings is 1. The lowest BCUT2D eigenvalue weighted by molar-refractivity contribution is -0.122. The molecule has 1 aromatic rings. The highest BCUT2D eigenvalue weighted by atomic mass is 16.3. The van der Waals surface area contributed by atoms with E-state index in [2.05, 4.69) is 17.0 Å². The van der Waals surface area contributed by atoms with Crippen molar-refractivity contribution in [3.63, 3.8) is 0 Å². The number of carbonyl (C=O) groups is 1. The Morgan fingerprint density at radius 1 is 1.35 bits per heavy atom. The van der Waals surface area contributed by atoms with Gasteiger partial charge in [0.1, 0.15) is 0 Å². The van der Waals surface area contributed by atoms with Crippen LogP contribution in [0.1, 0.15) is 5.56 Å². The molecule has 0 radical (unpaired) electrons. The van der Waals surface area contributed by atoms with E-state index in [1.807, 2.05) is 18.2 Å². The van der Waals surface area contributed by atoms with Gasteiger partial charge in [0.2, 0.25) is 5.91 Å². The Kier molecular flexibility index (Phi) is 3.76. The number of likely N-dealkylation sites (tertiary alicyclic amines) is 1. The van der Waals surface area contributed by atoms with Crippen LogP contribution in [0.5, 0.6) is 0 Å². The quantitative estimate of drug-likeness (QED) is 0.782. The fourth-order valence-electron chi connectivity index (χ4n) is 2.44. The largest absolute Gasteiger partial charge is 0.396 e. The highest BCUT2D eigenvalue weighted by Crippen LogP contribution is 2.24. The summed E-state index contributed by atoms with van der Waals surface area (Å²) in [6.45, 7) is 2.22. The first-order chi connectivity index (χ1) is 8.20. The molecular formula is C13H18N2O2. The second-order valence-corrected chi connectivity index (χ2v) is 4.63. The van der Waals surface area contributed by atoms with Gasteiger partial charge in [-0.05, 0) is 5.56 Å². The summed E-state index contributed by atoms with van der Waals surface area (Å²) >= 11 is 0. The Labute approximate surface area is 101 Å². The average molecular weight is 234 g/mol. The van der Waals surface area contributed by atoms with Crippen molar-refractivity contribution >= 4 is 5.91 Å². The monoisotopic (exact) mass is 234 g/mol. The van der Waals surface area contributed by atoms with Gasteiger partial charge in [-0.25, -0.2) is 0 Å². The van der Waals surface area contributed by atoms with E-state index in [0.717, 1.165) is 13.1 Å². The van der Waals surface area contributed by atoms with Gasteiger partial charge in [0, 0.05) is 32.2 Å². The van der Waals surface area contributed by atoms with Crippen LogP contribution < -0.4 is 5.73 Å². The third-order valence-corrected chi connectivity index (χ3v) is 3.37. The van der Waals surface area contributed by atoms with Crippen LogP contribution in [-0.2, 0) is 11.3 Å². The molecule has 0 aromatic heterocycles. The molecule has 1 heterocycles. The summed E-state index contributed by atoms with van der Waals surface area (Å²) < 4.78 is 0. The van der Waals surface area contributed by atoms with Crippen LogP contribution in [0.25, 0.3) is 0 Å². The number of nitrogens with zero attached hydrogens (tertiary/aromatic N) is 1. The molecule has 0 bridgehead atoms. The summed E-state index contributed by atoms with van der Waals surface area (Å²) in [5.41, 5.74) is 6.56. The molecule has 92 valence electrons. The summed E-state index contributed by atoms with van der Waals surface area (Å²) in [5.74, 6) is -0.542. The normalized spacial score (nSPS) is 25.0. The fraction of sp³-hybridized carbons (Fsp3) is 0.462. The van der Waals surface area contributed by atoms with E-state index >= 15 is 0 Å². The van der Waals surface area contributed by atoms with Crippen molar-refractivity contribution in [1.82, 2.24) is 4.90 Å². The number of hydrogen-bond donors (Lipinski definition) is 2. The molecule has 3 N–H and O–H groups in total. The topological polar surface area (TPSA) is 66.6 Å². The smallest absolute Gasteiger partial charge is 0.222 e. The first-order valence-electron chi connectivity index (χ1n) is 5.87. The van der Waals surface area contributed by atoms with Gasteiger partial charge in [-0.15, -0.1) is 0 Å². The van der Waals surface area contributed by atoms with Crippen LogP contribution >= 0.6 is 0 Å². The molecule has 1 fully saturated rings. The van der Waals surface area contributed by atoms with Crippen molar-refractivity contribution in [1.29, 1.82) is 0 Å². The number of carbonyl (C=O) groups excluding carboxylic acids is 1. The van der Waals surface area contributed by atoms with Crippen molar-refractivity contribution in [2.24, 2.45) is 17.6 Å². The highest BCUT2D eigenvalue weighted by Gasteiger charge is 2.35. The summed E-state index contributed by atoms with van der Waals surface area (Å²) in [4.78, 5) is 13.4. The highest BCUT2D eigenvalue weighted by molar-refractivity contribution is 5.77. The minimum absolute atomic E-state index is 0.0174. The summed E-state index contributed by atoms with van der Waals surface area (Å²) in [5, 5.41) is 9.23. The van der Waals surface area contributed by atoms with Crippen molar-refractivity contribution in [3.05, 3.63) is 35.9 Å². The van der Waals surface area contributed by atoms with E-state index in [0.29, 0.717) is 6.54 Å². The van der Waals surface area contributed by atoms with Gasteiger partial charge >= 0.3 is 0 Å². The standard InChI is InChI=1S/C13H18N2O2/c14-13(17)12-8-15(7-11(12)9-16)6-10-4-2-1-3-5-10/h1-5,11-12,16H,6-9H2,(H2,14,17). The molecule has 0 aliphatic carbocycles. The molecule has 1 aliphatic heterocycles. The minimum atomic E-state index is -0.306. The van der Waals surface area contributed by atoms with E-state index in [-0.39, 0.29) is 24.3 Å². The Hall–Kier alpha value is -1.39. The van der Waals surface area contributed by atoms with E-state index in [9.17, 15) is 9.90 Å². The summed E-state index contributed by atoms with van der Waals surface area (Å²) in [6.07, 6.45) is 0. The summed E-state index contributed by atoms with van der Waals surface area (Å²) in [7, 11) is 0.